The van der Waals surface area contributed by atoms with Gasteiger partial charge in [-0.25, -0.2) is 0 Å². The topological polar surface area (TPSA) is 19.0 Å². The molecule has 3 fully saturated rings. The van der Waals surface area contributed by atoms with E-state index in [0.29, 0.717) is 11.3 Å². The van der Waals surface area contributed by atoms with Crippen LogP contribution in [0.15, 0.2) is 18.2 Å². The van der Waals surface area contributed by atoms with Crippen molar-refractivity contribution in [1.29, 1.82) is 0 Å². The molecule has 3 aliphatic rings. The number of hydrogen-bond acceptors (Lipinski definition) is 4. The van der Waals surface area contributed by atoms with Gasteiger partial charge in [0.25, 0.3) is 0 Å². The predicted octanol–water partition coefficient (Wildman–Crippen LogP) is 5.23. The Labute approximate surface area is 190 Å². The summed E-state index contributed by atoms with van der Waals surface area (Å²) in [6.45, 7) is 15.2. The lowest BCUT2D eigenvalue weighted by Crippen LogP contribution is -2.47. The molecule has 1 aromatic rings. The lowest BCUT2D eigenvalue weighted by molar-refractivity contribution is 0.168. The summed E-state index contributed by atoms with van der Waals surface area (Å²) >= 11 is 0. The second kappa shape index (κ2) is 9.70. The Morgan fingerprint density at radius 2 is 1.84 bits per heavy atom. The van der Waals surface area contributed by atoms with E-state index in [4.69, 9.17) is 4.74 Å². The monoisotopic (exact) mass is 427 g/mol. The standard InChI is InChI=1S/C27H45N3O/c1-21-16-23(19-27(2,3)18-21)25-9-8-24(28(4)14-15-31-5)17-26(25)30-12-10-29(11-13-30)20-22-6-7-22/h8-9,17,21-23H,6-7,10-16,18-20H2,1-5H3. The Hall–Kier alpha value is -1.26. The maximum atomic E-state index is 5.33. The van der Waals surface area contributed by atoms with E-state index >= 15 is 0 Å². The normalized spacial score (nSPS) is 26.8. The minimum Gasteiger partial charge on any atom is -0.383 e. The van der Waals surface area contributed by atoms with Crippen LogP contribution in [-0.2, 0) is 4.74 Å². The largest absolute Gasteiger partial charge is 0.383 e. The van der Waals surface area contributed by atoms with Crippen molar-refractivity contribution < 1.29 is 4.74 Å². The van der Waals surface area contributed by atoms with Gasteiger partial charge >= 0.3 is 0 Å². The molecule has 0 spiro atoms. The summed E-state index contributed by atoms with van der Waals surface area (Å²) in [6.07, 6.45) is 6.91. The molecule has 1 aromatic carbocycles. The first-order chi connectivity index (χ1) is 14.8. The highest BCUT2D eigenvalue weighted by Gasteiger charge is 2.35. The molecule has 0 radical (unpaired) electrons. The van der Waals surface area contributed by atoms with Crippen molar-refractivity contribution in [3.63, 3.8) is 0 Å². The van der Waals surface area contributed by atoms with E-state index in [1.165, 1.54) is 63.1 Å². The quantitative estimate of drug-likeness (QED) is 0.565. The fraction of sp³-hybridized carbons (Fsp3) is 0.778. The highest BCUT2D eigenvalue weighted by molar-refractivity contribution is 5.65. The predicted molar refractivity (Wildman–Crippen MR) is 133 cm³/mol. The van der Waals surface area contributed by atoms with Crippen LogP contribution in [-0.4, -0.2) is 64.9 Å². The average Bonchev–Trinajstić information content (AvgIpc) is 3.54. The zero-order valence-corrected chi connectivity index (χ0v) is 20.7. The third-order valence-electron chi connectivity index (χ3n) is 7.84. The van der Waals surface area contributed by atoms with Gasteiger partial charge in [0, 0.05) is 64.8 Å². The van der Waals surface area contributed by atoms with E-state index in [1.54, 1.807) is 12.7 Å². The molecule has 1 heterocycles. The van der Waals surface area contributed by atoms with Gasteiger partial charge in [0.1, 0.15) is 0 Å². The maximum absolute atomic E-state index is 5.33. The third kappa shape index (κ3) is 5.96. The van der Waals surface area contributed by atoms with Gasteiger partial charge < -0.3 is 14.5 Å². The number of rotatable bonds is 8. The number of benzene rings is 1. The van der Waals surface area contributed by atoms with E-state index in [-0.39, 0.29) is 0 Å². The van der Waals surface area contributed by atoms with Gasteiger partial charge in [-0.2, -0.15) is 0 Å². The molecule has 1 aliphatic heterocycles. The van der Waals surface area contributed by atoms with E-state index in [0.717, 1.165) is 38.1 Å². The zero-order chi connectivity index (χ0) is 22.0. The molecule has 0 aromatic heterocycles. The molecule has 4 rings (SSSR count). The van der Waals surface area contributed by atoms with Gasteiger partial charge in [0.15, 0.2) is 0 Å². The smallest absolute Gasteiger partial charge is 0.0637 e. The maximum Gasteiger partial charge on any atom is 0.0637 e. The lowest BCUT2D eigenvalue weighted by Gasteiger charge is -2.42. The summed E-state index contributed by atoms with van der Waals surface area (Å²) in [5, 5.41) is 0. The average molecular weight is 428 g/mol. The summed E-state index contributed by atoms with van der Waals surface area (Å²) < 4.78 is 5.33. The molecule has 4 heteroatoms. The molecule has 174 valence electrons. The van der Waals surface area contributed by atoms with Crippen molar-refractivity contribution >= 4 is 11.4 Å². The summed E-state index contributed by atoms with van der Waals surface area (Å²) in [6, 6.07) is 7.29. The molecular formula is C27H45N3O. The number of likely N-dealkylation sites (N-methyl/N-ethyl adjacent to an activating group) is 1. The van der Waals surface area contributed by atoms with Crippen molar-refractivity contribution in [2.75, 3.05) is 69.8 Å². The lowest BCUT2D eigenvalue weighted by atomic mass is 9.66. The third-order valence-corrected chi connectivity index (χ3v) is 7.84. The Balaban J connectivity index is 1.56. The Kier molecular flexibility index (Phi) is 7.17. The van der Waals surface area contributed by atoms with Crippen LogP contribution in [0.25, 0.3) is 0 Å². The van der Waals surface area contributed by atoms with Crippen molar-refractivity contribution in [1.82, 2.24) is 4.90 Å². The van der Waals surface area contributed by atoms with Gasteiger partial charge in [0.2, 0.25) is 0 Å². The zero-order valence-electron chi connectivity index (χ0n) is 20.7. The molecule has 0 bridgehead atoms. The number of ether oxygens (including phenoxy) is 1. The number of piperazine rings is 1. The van der Waals surface area contributed by atoms with E-state index in [2.05, 4.69) is 60.7 Å². The molecule has 2 atom stereocenters. The molecule has 0 amide bonds. The van der Waals surface area contributed by atoms with E-state index in [9.17, 15) is 0 Å². The van der Waals surface area contributed by atoms with Gasteiger partial charge in [0.05, 0.1) is 6.61 Å². The number of methoxy groups -OCH3 is 1. The van der Waals surface area contributed by atoms with Crippen LogP contribution in [0.1, 0.15) is 64.4 Å². The summed E-state index contributed by atoms with van der Waals surface area (Å²) in [5.41, 5.74) is 4.86. The first kappa shape index (κ1) is 22.9. The Bertz CT molecular complexity index is 721. The number of hydrogen-bond donors (Lipinski definition) is 0. The van der Waals surface area contributed by atoms with Crippen LogP contribution >= 0.6 is 0 Å². The molecule has 2 aliphatic carbocycles. The fourth-order valence-corrected chi connectivity index (χ4v) is 6.17. The van der Waals surface area contributed by atoms with Gasteiger partial charge in [-0.15, -0.1) is 0 Å². The molecule has 0 N–H and O–H groups in total. The van der Waals surface area contributed by atoms with Crippen LogP contribution < -0.4 is 9.80 Å². The number of anilines is 2. The van der Waals surface area contributed by atoms with Crippen LogP contribution in [0.4, 0.5) is 11.4 Å². The van der Waals surface area contributed by atoms with Crippen LogP contribution in [0.3, 0.4) is 0 Å². The van der Waals surface area contributed by atoms with Gasteiger partial charge in [-0.3, -0.25) is 4.90 Å². The minimum absolute atomic E-state index is 0.441. The van der Waals surface area contributed by atoms with Crippen LogP contribution in [0.2, 0.25) is 0 Å². The van der Waals surface area contributed by atoms with Crippen LogP contribution in [0, 0.1) is 17.3 Å². The van der Waals surface area contributed by atoms with Crippen LogP contribution in [0.5, 0.6) is 0 Å². The molecule has 1 saturated heterocycles. The second-order valence-corrected chi connectivity index (χ2v) is 11.5. The Morgan fingerprint density at radius 3 is 2.48 bits per heavy atom. The second-order valence-electron chi connectivity index (χ2n) is 11.5. The molecule has 2 saturated carbocycles. The number of nitrogens with zero attached hydrogens (tertiary/aromatic N) is 3. The summed E-state index contributed by atoms with van der Waals surface area (Å²) in [7, 11) is 3.98. The highest BCUT2D eigenvalue weighted by atomic mass is 16.5. The fourth-order valence-electron chi connectivity index (χ4n) is 6.17. The molecular weight excluding hydrogens is 382 g/mol. The summed E-state index contributed by atoms with van der Waals surface area (Å²) in [4.78, 5) is 7.74. The molecule has 2 unspecified atom stereocenters. The Morgan fingerprint density at radius 1 is 1.10 bits per heavy atom. The van der Waals surface area contributed by atoms with Gasteiger partial charge in [-0.1, -0.05) is 26.8 Å². The van der Waals surface area contributed by atoms with Crippen molar-refractivity contribution in [3.8, 4) is 0 Å². The SMILES string of the molecule is COCCN(C)c1ccc(C2CC(C)CC(C)(C)C2)c(N2CCN(CC3CC3)CC2)c1. The molecule has 4 nitrogen and oxygen atoms in total. The first-order valence-electron chi connectivity index (χ1n) is 12.7. The van der Waals surface area contributed by atoms with Gasteiger partial charge in [-0.05, 0) is 73.0 Å². The minimum atomic E-state index is 0.441. The van der Waals surface area contributed by atoms with Crippen molar-refractivity contribution in [2.24, 2.45) is 17.3 Å². The van der Waals surface area contributed by atoms with E-state index < -0.39 is 0 Å². The van der Waals surface area contributed by atoms with E-state index in [1.807, 2.05) is 0 Å². The van der Waals surface area contributed by atoms with Crippen molar-refractivity contribution in [2.45, 2.75) is 58.8 Å². The molecule has 31 heavy (non-hydrogen) atoms. The van der Waals surface area contributed by atoms with Crippen molar-refractivity contribution in [3.05, 3.63) is 23.8 Å². The first-order valence-corrected chi connectivity index (χ1v) is 12.7. The highest BCUT2D eigenvalue weighted by Crippen LogP contribution is 2.48. The summed E-state index contributed by atoms with van der Waals surface area (Å²) in [5.74, 6) is 2.48.